The number of nitrogens with zero attached hydrogens (tertiary/aromatic N) is 2. The van der Waals surface area contributed by atoms with Crippen LogP contribution in [0.5, 0.6) is 11.5 Å². The molecule has 0 aliphatic heterocycles. The monoisotopic (exact) mass is 550 g/mol. The highest BCUT2D eigenvalue weighted by Crippen LogP contribution is 2.36. The van der Waals surface area contributed by atoms with E-state index in [4.69, 9.17) is 16.3 Å². The second-order valence-corrected chi connectivity index (χ2v) is 9.32. The Morgan fingerprint density at radius 1 is 1.00 bits per heavy atom. The largest absolute Gasteiger partial charge is 0.453 e. The zero-order chi connectivity index (χ0) is 27.7. The van der Waals surface area contributed by atoms with Crippen LogP contribution in [-0.4, -0.2) is 21.4 Å². The Kier molecular flexibility index (Phi) is 7.12. The molecule has 1 aliphatic carbocycles. The van der Waals surface area contributed by atoms with E-state index in [1.807, 2.05) is 0 Å². The SMILES string of the molecule is Cc1ccc(C(=O)Nc2ccc(Oc3ccnc(NC(=O)C4CC4)c3Cl)c(F)c2)c(=O)n1-c1ccc(F)cc1. The normalized spacial score (nSPS) is 12.6. The second kappa shape index (κ2) is 10.7. The lowest BCUT2D eigenvalue weighted by Gasteiger charge is -2.13. The Labute approximate surface area is 226 Å². The standard InChI is InChI=1S/C28H21ClF2N4O4/c1-15-2-10-20(28(38)35(15)19-8-5-17(30)6-9-19)27(37)33-18-7-11-22(21(31)14-18)39-23-12-13-32-25(24(23)29)34-26(36)16-3-4-16/h2,5-14,16H,3-4H2,1H3,(H,33,37)(H,32,34,36). The Morgan fingerprint density at radius 2 is 1.74 bits per heavy atom. The van der Waals surface area contributed by atoms with E-state index in [0.29, 0.717) is 11.4 Å². The van der Waals surface area contributed by atoms with Crippen molar-refractivity contribution in [3.05, 3.63) is 105 Å². The molecule has 1 saturated carbocycles. The molecular weight excluding hydrogens is 530 g/mol. The van der Waals surface area contributed by atoms with Crippen LogP contribution in [0.25, 0.3) is 5.69 Å². The summed E-state index contributed by atoms with van der Waals surface area (Å²) in [5.74, 6) is -2.26. The molecule has 0 saturated heterocycles. The summed E-state index contributed by atoms with van der Waals surface area (Å²) in [4.78, 5) is 42.0. The summed E-state index contributed by atoms with van der Waals surface area (Å²) in [7, 11) is 0. The molecule has 1 aliphatic rings. The molecule has 0 bridgehead atoms. The van der Waals surface area contributed by atoms with Crippen LogP contribution in [-0.2, 0) is 4.79 Å². The summed E-state index contributed by atoms with van der Waals surface area (Å²) < 4.78 is 35.1. The number of halogens is 3. The van der Waals surface area contributed by atoms with Crippen LogP contribution in [0.1, 0.15) is 28.9 Å². The van der Waals surface area contributed by atoms with Crippen molar-refractivity contribution in [1.82, 2.24) is 9.55 Å². The van der Waals surface area contributed by atoms with Gasteiger partial charge in [0.1, 0.15) is 16.4 Å². The Balaban J connectivity index is 1.33. The van der Waals surface area contributed by atoms with Gasteiger partial charge in [0.25, 0.3) is 11.5 Å². The molecule has 39 heavy (non-hydrogen) atoms. The van der Waals surface area contributed by atoms with Crippen LogP contribution in [0.15, 0.2) is 71.7 Å². The van der Waals surface area contributed by atoms with E-state index in [-0.39, 0.29) is 45.4 Å². The van der Waals surface area contributed by atoms with Gasteiger partial charge in [-0.1, -0.05) is 11.6 Å². The van der Waals surface area contributed by atoms with Gasteiger partial charge in [0, 0.05) is 41.3 Å². The van der Waals surface area contributed by atoms with E-state index in [1.54, 1.807) is 13.0 Å². The summed E-state index contributed by atoms with van der Waals surface area (Å²) in [6.45, 7) is 1.68. The van der Waals surface area contributed by atoms with Crippen LogP contribution in [0.3, 0.4) is 0 Å². The van der Waals surface area contributed by atoms with E-state index < -0.39 is 23.1 Å². The Hall–Kier alpha value is -4.57. The third kappa shape index (κ3) is 5.65. The zero-order valence-corrected chi connectivity index (χ0v) is 21.3. The molecule has 2 amide bonds. The number of pyridine rings is 2. The summed E-state index contributed by atoms with van der Waals surface area (Å²) in [5.41, 5.74) is 0.217. The highest BCUT2D eigenvalue weighted by molar-refractivity contribution is 6.34. The minimum absolute atomic E-state index is 0.0140. The quantitative estimate of drug-likeness (QED) is 0.300. The predicted octanol–water partition coefficient (Wildman–Crippen LogP) is 5.87. The first kappa shape index (κ1) is 26.1. The number of nitrogens with one attached hydrogen (secondary N) is 2. The van der Waals surface area contributed by atoms with Crippen molar-refractivity contribution >= 4 is 34.9 Å². The first-order valence-corrected chi connectivity index (χ1v) is 12.3. The average Bonchev–Trinajstić information content (AvgIpc) is 3.75. The Bertz CT molecular complexity index is 1650. The number of carbonyl (C=O) groups is 2. The topological polar surface area (TPSA) is 102 Å². The number of hydrogen-bond acceptors (Lipinski definition) is 5. The molecule has 2 N–H and O–H groups in total. The van der Waals surface area contributed by atoms with Gasteiger partial charge in [0.05, 0.1) is 0 Å². The molecule has 0 radical (unpaired) electrons. The maximum atomic E-state index is 14.9. The average molecular weight is 551 g/mol. The first-order valence-electron chi connectivity index (χ1n) is 11.9. The van der Waals surface area contributed by atoms with Crippen LogP contribution in [0, 0.1) is 24.5 Å². The van der Waals surface area contributed by atoms with Gasteiger partial charge in [0.2, 0.25) is 5.91 Å². The van der Waals surface area contributed by atoms with Gasteiger partial charge in [-0.3, -0.25) is 19.0 Å². The van der Waals surface area contributed by atoms with Crippen molar-refractivity contribution < 1.29 is 23.1 Å². The van der Waals surface area contributed by atoms with Crippen molar-refractivity contribution in [2.45, 2.75) is 19.8 Å². The number of hydrogen-bond donors (Lipinski definition) is 2. The lowest BCUT2D eigenvalue weighted by atomic mass is 10.2. The van der Waals surface area contributed by atoms with Crippen LogP contribution < -0.4 is 20.9 Å². The van der Waals surface area contributed by atoms with Gasteiger partial charge in [-0.2, -0.15) is 0 Å². The van der Waals surface area contributed by atoms with Crippen molar-refractivity contribution in [3.63, 3.8) is 0 Å². The maximum absolute atomic E-state index is 14.9. The fourth-order valence-electron chi connectivity index (χ4n) is 3.85. The zero-order valence-electron chi connectivity index (χ0n) is 20.5. The number of ether oxygens (including phenoxy) is 1. The minimum atomic E-state index is -0.808. The molecule has 4 aromatic rings. The first-order chi connectivity index (χ1) is 18.7. The van der Waals surface area contributed by atoms with E-state index in [0.717, 1.165) is 18.9 Å². The van der Waals surface area contributed by atoms with Crippen molar-refractivity contribution in [1.29, 1.82) is 0 Å². The number of anilines is 2. The molecule has 2 aromatic carbocycles. The molecule has 5 rings (SSSR count). The molecule has 1 fully saturated rings. The number of rotatable bonds is 7. The maximum Gasteiger partial charge on any atom is 0.268 e. The van der Waals surface area contributed by atoms with Gasteiger partial charge in [-0.25, -0.2) is 13.8 Å². The number of aryl methyl sites for hydroxylation is 1. The molecule has 0 spiro atoms. The minimum Gasteiger partial charge on any atom is -0.453 e. The Morgan fingerprint density at radius 3 is 2.44 bits per heavy atom. The number of benzene rings is 2. The lowest BCUT2D eigenvalue weighted by molar-refractivity contribution is -0.117. The summed E-state index contributed by atoms with van der Waals surface area (Å²) >= 11 is 6.31. The van der Waals surface area contributed by atoms with E-state index >= 15 is 0 Å². The van der Waals surface area contributed by atoms with E-state index in [2.05, 4.69) is 15.6 Å². The van der Waals surface area contributed by atoms with Crippen LogP contribution in [0.4, 0.5) is 20.3 Å². The number of aromatic nitrogens is 2. The second-order valence-electron chi connectivity index (χ2n) is 8.94. The number of amides is 2. The van der Waals surface area contributed by atoms with Crippen molar-refractivity contribution in [2.75, 3.05) is 10.6 Å². The molecule has 0 atom stereocenters. The van der Waals surface area contributed by atoms with Crippen LogP contribution in [0.2, 0.25) is 5.02 Å². The highest BCUT2D eigenvalue weighted by atomic mass is 35.5. The third-order valence-electron chi connectivity index (χ3n) is 6.06. The molecule has 11 heteroatoms. The fourth-order valence-corrected chi connectivity index (χ4v) is 4.05. The van der Waals surface area contributed by atoms with Gasteiger partial charge in [-0.15, -0.1) is 0 Å². The van der Waals surface area contributed by atoms with Crippen LogP contribution >= 0.6 is 11.6 Å². The molecule has 2 heterocycles. The van der Waals surface area contributed by atoms with Gasteiger partial charge in [0.15, 0.2) is 23.1 Å². The van der Waals surface area contributed by atoms with Gasteiger partial charge in [-0.05, 0) is 68.3 Å². The molecular formula is C28H21ClF2N4O4. The van der Waals surface area contributed by atoms with E-state index in [1.165, 1.54) is 59.3 Å². The fraction of sp³-hybridized carbons (Fsp3) is 0.143. The molecule has 2 aromatic heterocycles. The summed E-state index contributed by atoms with van der Waals surface area (Å²) in [5, 5.41) is 5.16. The molecule has 0 unspecified atom stereocenters. The van der Waals surface area contributed by atoms with E-state index in [9.17, 15) is 23.2 Å². The van der Waals surface area contributed by atoms with Crippen molar-refractivity contribution in [2.24, 2.45) is 5.92 Å². The third-order valence-corrected chi connectivity index (χ3v) is 6.43. The summed E-state index contributed by atoms with van der Waals surface area (Å²) in [6, 6.07) is 13.4. The van der Waals surface area contributed by atoms with Gasteiger partial charge < -0.3 is 15.4 Å². The molecule has 8 nitrogen and oxygen atoms in total. The summed E-state index contributed by atoms with van der Waals surface area (Å²) in [6.07, 6.45) is 2.99. The van der Waals surface area contributed by atoms with Gasteiger partial charge >= 0.3 is 0 Å². The molecule has 198 valence electrons. The highest BCUT2D eigenvalue weighted by Gasteiger charge is 2.30. The smallest absolute Gasteiger partial charge is 0.268 e. The predicted molar refractivity (Wildman–Crippen MR) is 142 cm³/mol. The lowest BCUT2D eigenvalue weighted by Crippen LogP contribution is -2.29. The van der Waals surface area contributed by atoms with Crippen molar-refractivity contribution in [3.8, 4) is 17.2 Å². The number of carbonyl (C=O) groups excluding carboxylic acids is 2.